The lowest BCUT2D eigenvalue weighted by Gasteiger charge is -2.46. The summed E-state index contributed by atoms with van der Waals surface area (Å²) in [5, 5.41) is 118. The van der Waals surface area contributed by atoms with E-state index in [-0.39, 0.29) is 0 Å². The Hall–Kier alpha value is -0.640. The van der Waals surface area contributed by atoms with Gasteiger partial charge in [0.15, 0.2) is 12.6 Å². The molecule has 202 valence electrons. The van der Waals surface area contributed by atoms with E-state index < -0.39 is 112 Å². The predicted molar refractivity (Wildman–Crippen MR) is 103 cm³/mol. The monoisotopic (exact) mass is 506 g/mol. The van der Waals surface area contributed by atoms with Gasteiger partial charge in [-0.1, -0.05) is 0 Å². The van der Waals surface area contributed by atoms with Gasteiger partial charge in [0.25, 0.3) is 0 Å². The Kier molecular flexibility index (Phi) is 11.4. The van der Waals surface area contributed by atoms with Crippen LogP contribution in [0.3, 0.4) is 0 Å². The smallest absolute Gasteiger partial charge is 0.187 e. The molecule has 0 aromatic heterocycles. The van der Waals surface area contributed by atoms with Gasteiger partial charge in [-0.05, 0) is 0 Å². The molecule has 0 amide bonds. The molecule has 1 unspecified atom stereocenters. The zero-order valence-electron chi connectivity index (χ0n) is 17.9. The number of hydrogen-bond acceptors (Lipinski definition) is 16. The highest BCUT2D eigenvalue weighted by Gasteiger charge is 2.52. The van der Waals surface area contributed by atoms with Crippen molar-refractivity contribution in [3.63, 3.8) is 0 Å². The van der Waals surface area contributed by atoms with Crippen LogP contribution in [0.15, 0.2) is 0 Å². The fourth-order valence-electron chi connectivity index (χ4n) is 3.65. The van der Waals surface area contributed by atoms with Crippen LogP contribution in [0.2, 0.25) is 0 Å². The number of ether oxygens (including phenoxy) is 4. The predicted octanol–water partition coefficient (Wildman–Crippen LogP) is -7.94. The average molecular weight is 506 g/mol. The van der Waals surface area contributed by atoms with Crippen LogP contribution in [-0.2, 0) is 18.9 Å². The van der Waals surface area contributed by atoms with E-state index in [1.54, 1.807) is 0 Å². The lowest BCUT2D eigenvalue weighted by atomic mass is 9.96. The molecule has 2 rings (SSSR count). The van der Waals surface area contributed by atoms with Crippen molar-refractivity contribution in [3.8, 4) is 0 Å². The number of rotatable bonds is 11. The molecule has 0 aliphatic carbocycles. The standard InChI is InChI=1S/C18H34O16/c19-1-5(23)9(25)15(6(24)2-20)33-18-14(30)16(11(27)8(4-22)32-18)34-17-13(29)12(28)10(26)7(3-21)31-17/h5-30H,1-4H2/t5-,6+,7+,8+,9+,10-,11-,12-,13+,14+,15+,16-,17?,18-/m0/s1. The molecule has 0 aromatic carbocycles. The summed E-state index contributed by atoms with van der Waals surface area (Å²) in [7, 11) is 0. The highest BCUT2D eigenvalue weighted by Crippen LogP contribution is 2.30. The largest absolute Gasteiger partial charge is 0.394 e. The van der Waals surface area contributed by atoms with Crippen molar-refractivity contribution in [3.05, 3.63) is 0 Å². The van der Waals surface area contributed by atoms with Crippen molar-refractivity contribution >= 4 is 0 Å². The van der Waals surface area contributed by atoms with Crippen molar-refractivity contribution in [2.24, 2.45) is 0 Å². The molecule has 0 radical (unpaired) electrons. The van der Waals surface area contributed by atoms with Gasteiger partial charge in [0, 0.05) is 0 Å². The minimum absolute atomic E-state index is 0.777. The van der Waals surface area contributed by atoms with E-state index in [4.69, 9.17) is 24.1 Å². The van der Waals surface area contributed by atoms with Crippen LogP contribution in [0.1, 0.15) is 0 Å². The van der Waals surface area contributed by atoms with Crippen molar-refractivity contribution in [2.75, 3.05) is 26.4 Å². The van der Waals surface area contributed by atoms with Crippen molar-refractivity contribution < 1.29 is 80.2 Å². The van der Waals surface area contributed by atoms with E-state index >= 15 is 0 Å². The Balaban J connectivity index is 2.24. The number of aliphatic hydroxyl groups excluding tert-OH is 12. The first-order valence-corrected chi connectivity index (χ1v) is 10.5. The van der Waals surface area contributed by atoms with E-state index in [1.807, 2.05) is 0 Å². The van der Waals surface area contributed by atoms with Gasteiger partial charge in [-0.15, -0.1) is 0 Å². The second-order valence-corrected chi connectivity index (χ2v) is 8.10. The highest BCUT2D eigenvalue weighted by atomic mass is 16.7. The van der Waals surface area contributed by atoms with Gasteiger partial charge in [-0.3, -0.25) is 0 Å². The van der Waals surface area contributed by atoms with Gasteiger partial charge in [-0.25, -0.2) is 0 Å². The normalized spacial score (nSPS) is 42.7. The molecule has 2 saturated heterocycles. The maximum atomic E-state index is 10.7. The molecule has 34 heavy (non-hydrogen) atoms. The van der Waals surface area contributed by atoms with Gasteiger partial charge < -0.3 is 80.2 Å². The number of aliphatic hydroxyl groups is 12. The first-order chi connectivity index (χ1) is 16.0. The summed E-state index contributed by atoms with van der Waals surface area (Å²) >= 11 is 0. The van der Waals surface area contributed by atoms with Gasteiger partial charge in [0.05, 0.1) is 26.4 Å². The fourth-order valence-corrected chi connectivity index (χ4v) is 3.65. The third-order valence-electron chi connectivity index (χ3n) is 5.74. The summed E-state index contributed by atoms with van der Waals surface area (Å²) in [5.74, 6) is 0. The zero-order chi connectivity index (χ0) is 25.7. The van der Waals surface area contributed by atoms with Gasteiger partial charge in [0.1, 0.15) is 73.2 Å². The molecule has 0 bridgehead atoms. The average Bonchev–Trinajstić information content (AvgIpc) is 2.84. The van der Waals surface area contributed by atoms with Crippen LogP contribution < -0.4 is 0 Å². The Morgan fingerprint density at radius 3 is 1.68 bits per heavy atom. The Morgan fingerprint density at radius 2 is 1.15 bits per heavy atom. The van der Waals surface area contributed by atoms with Crippen molar-refractivity contribution in [1.29, 1.82) is 0 Å². The first kappa shape index (κ1) is 29.6. The van der Waals surface area contributed by atoms with E-state index in [0.29, 0.717) is 0 Å². The molecule has 12 N–H and O–H groups in total. The minimum atomic E-state index is -1.98. The molecule has 16 heteroatoms. The van der Waals surface area contributed by atoms with Crippen LogP contribution in [-0.4, -0.2) is 174 Å². The van der Waals surface area contributed by atoms with E-state index in [2.05, 4.69) is 0 Å². The summed E-state index contributed by atoms with van der Waals surface area (Å²) in [6, 6.07) is 0. The molecule has 0 spiro atoms. The fraction of sp³-hybridized carbons (Fsp3) is 1.00. The van der Waals surface area contributed by atoms with Crippen LogP contribution in [0.4, 0.5) is 0 Å². The SMILES string of the molecule is OC[C@@H](O)[C@@H](O[C@@H]1O[C@H](CO)[C@H](O)[C@H](OC2O[C@H](CO)[C@H](O)[C@H](O)[C@H]2O)[C@H]1O)[C@H](O)[C@@H](O)CO. The summed E-state index contributed by atoms with van der Waals surface area (Å²) in [6.07, 6.45) is -24.9. The Labute approximate surface area is 193 Å². The molecular weight excluding hydrogens is 472 g/mol. The van der Waals surface area contributed by atoms with Crippen LogP contribution in [0.5, 0.6) is 0 Å². The van der Waals surface area contributed by atoms with Crippen LogP contribution in [0, 0.1) is 0 Å². The van der Waals surface area contributed by atoms with E-state index in [9.17, 15) is 56.2 Å². The van der Waals surface area contributed by atoms with Crippen LogP contribution >= 0.6 is 0 Å². The quantitative estimate of drug-likeness (QED) is 0.124. The zero-order valence-corrected chi connectivity index (χ0v) is 17.9. The molecule has 0 aromatic rings. The Morgan fingerprint density at radius 1 is 0.618 bits per heavy atom. The van der Waals surface area contributed by atoms with E-state index in [1.165, 1.54) is 0 Å². The van der Waals surface area contributed by atoms with Crippen LogP contribution in [0.25, 0.3) is 0 Å². The summed E-state index contributed by atoms with van der Waals surface area (Å²) in [4.78, 5) is 0. The topological polar surface area (TPSA) is 280 Å². The summed E-state index contributed by atoms with van der Waals surface area (Å²) in [5.41, 5.74) is 0. The van der Waals surface area contributed by atoms with Gasteiger partial charge in [0.2, 0.25) is 0 Å². The molecular formula is C18H34O16. The summed E-state index contributed by atoms with van der Waals surface area (Å²) < 4.78 is 21.1. The third kappa shape index (κ3) is 6.37. The first-order valence-electron chi connectivity index (χ1n) is 10.5. The molecule has 14 atom stereocenters. The maximum absolute atomic E-state index is 10.7. The van der Waals surface area contributed by atoms with E-state index in [0.717, 1.165) is 0 Å². The van der Waals surface area contributed by atoms with Crippen molar-refractivity contribution in [2.45, 2.75) is 85.8 Å². The van der Waals surface area contributed by atoms with Crippen molar-refractivity contribution in [1.82, 2.24) is 0 Å². The highest BCUT2D eigenvalue weighted by molar-refractivity contribution is 4.95. The molecule has 2 heterocycles. The molecule has 2 fully saturated rings. The molecule has 2 aliphatic rings. The molecule has 2 aliphatic heterocycles. The maximum Gasteiger partial charge on any atom is 0.187 e. The third-order valence-corrected chi connectivity index (χ3v) is 5.74. The molecule has 0 saturated carbocycles. The molecule has 16 nitrogen and oxygen atoms in total. The Bertz CT molecular complexity index is 596. The lowest BCUT2D eigenvalue weighted by molar-refractivity contribution is -0.369. The van der Waals surface area contributed by atoms with Gasteiger partial charge >= 0.3 is 0 Å². The second-order valence-electron chi connectivity index (χ2n) is 8.10. The minimum Gasteiger partial charge on any atom is -0.394 e. The lowest BCUT2D eigenvalue weighted by Crippen LogP contribution is -2.65. The number of hydrogen-bond donors (Lipinski definition) is 12. The summed E-state index contributed by atoms with van der Waals surface area (Å²) in [6.45, 7) is -3.55. The second kappa shape index (κ2) is 13.1. The van der Waals surface area contributed by atoms with Gasteiger partial charge in [-0.2, -0.15) is 0 Å².